The second-order valence-corrected chi connectivity index (χ2v) is 6.37. The van der Waals surface area contributed by atoms with Gasteiger partial charge in [0.15, 0.2) is 0 Å². The van der Waals surface area contributed by atoms with Gasteiger partial charge < -0.3 is 10.1 Å². The molecule has 2 heterocycles. The molecule has 7 heteroatoms. The molecule has 2 amide bonds. The summed E-state index contributed by atoms with van der Waals surface area (Å²) in [5.41, 5.74) is 2.92. The van der Waals surface area contributed by atoms with Crippen molar-refractivity contribution in [3.63, 3.8) is 0 Å². The van der Waals surface area contributed by atoms with Crippen molar-refractivity contribution in [3.05, 3.63) is 16.1 Å². The summed E-state index contributed by atoms with van der Waals surface area (Å²) in [6.07, 6.45) is 3.96. The summed E-state index contributed by atoms with van der Waals surface area (Å²) in [7, 11) is 1.35. The maximum absolute atomic E-state index is 12.3. The van der Waals surface area contributed by atoms with Gasteiger partial charge in [0.25, 0.3) is 0 Å². The van der Waals surface area contributed by atoms with E-state index in [-0.39, 0.29) is 5.91 Å². The van der Waals surface area contributed by atoms with Crippen molar-refractivity contribution >= 4 is 23.3 Å². The Morgan fingerprint density at radius 2 is 2.32 bits per heavy atom. The maximum atomic E-state index is 12.3. The van der Waals surface area contributed by atoms with E-state index in [1.807, 2.05) is 12.4 Å². The molecule has 1 aromatic heterocycles. The highest BCUT2D eigenvalue weighted by Gasteiger charge is 2.32. The van der Waals surface area contributed by atoms with E-state index in [2.05, 4.69) is 10.3 Å². The van der Waals surface area contributed by atoms with Gasteiger partial charge >= 0.3 is 6.09 Å². The zero-order chi connectivity index (χ0) is 15.9. The number of nitrogens with one attached hydrogen (secondary N) is 1. The lowest BCUT2D eigenvalue weighted by Gasteiger charge is -2.33. The first-order chi connectivity index (χ1) is 10.6. The number of carbonyl (C=O) groups is 2. The number of piperidine rings is 1. The van der Waals surface area contributed by atoms with Crippen LogP contribution in [0.4, 0.5) is 4.79 Å². The van der Waals surface area contributed by atoms with Gasteiger partial charge in [-0.25, -0.2) is 9.78 Å². The van der Waals surface area contributed by atoms with Crippen LogP contribution >= 0.6 is 11.3 Å². The van der Waals surface area contributed by atoms with E-state index in [1.54, 1.807) is 11.3 Å². The van der Waals surface area contributed by atoms with Crippen LogP contribution in [0.3, 0.4) is 0 Å². The molecule has 0 radical (unpaired) electrons. The molecule has 2 rings (SSSR count). The Balaban J connectivity index is 1.78. The molecule has 1 atom stereocenters. The Bertz CT molecular complexity index is 518. The highest BCUT2D eigenvalue weighted by molar-refractivity contribution is 7.09. The van der Waals surface area contributed by atoms with Gasteiger partial charge in [-0.2, -0.15) is 0 Å². The molecule has 1 unspecified atom stereocenters. The lowest BCUT2D eigenvalue weighted by atomic mass is 10.0. The normalized spacial score (nSPS) is 18.1. The number of carbonyl (C=O) groups excluding carboxylic acids is 2. The van der Waals surface area contributed by atoms with E-state index in [1.165, 1.54) is 16.9 Å². The van der Waals surface area contributed by atoms with Crippen LogP contribution in [0, 0.1) is 6.92 Å². The van der Waals surface area contributed by atoms with E-state index in [0.717, 1.165) is 31.4 Å². The largest absolute Gasteiger partial charge is 0.453 e. The molecular formula is C15H23N3O3S. The average Bonchev–Trinajstić information content (AvgIpc) is 2.95. The van der Waals surface area contributed by atoms with Crippen LogP contribution in [0.2, 0.25) is 0 Å². The summed E-state index contributed by atoms with van der Waals surface area (Å²) < 4.78 is 4.76. The van der Waals surface area contributed by atoms with Crippen LogP contribution in [0.5, 0.6) is 0 Å². The first-order valence-electron chi connectivity index (χ1n) is 7.64. The number of ether oxygens (including phenoxy) is 1. The lowest BCUT2D eigenvalue weighted by molar-refractivity contribution is -0.126. The summed E-state index contributed by atoms with van der Waals surface area (Å²) in [4.78, 5) is 31.0. The molecular weight excluding hydrogens is 302 g/mol. The number of amides is 2. The zero-order valence-electron chi connectivity index (χ0n) is 13.1. The molecule has 1 aromatic rings. The molecule has 1 fully saturated rings. The fourth-order valence-corrected chi connectivity index (χ4v) is 3.51. The second kappa shape index (κ2) is 8.12. The molecule has 22 heavy (non-hydrogen) atoms. The molecule has 0 bridgehead atoms. The molecule has 0 aliphatic carbocycles. The van der Waals surface area contributed by atoms with Gasteiger partial charge in [0.1, 0.15) is 6.04 Å². The number of methoxy groups -OCH3 is 1. The van der Waals surface area contributed by atoms with Crippen molar-refractivity contribution in [1.82, 2.24) is 15.2 Å². The van der Waals surface area contributed by atoms with Crippen molar-refractivity contribution < 1.29 is 14.3 Å². The second-order valence-electron chi connectivity index (χ2n) is 5.43. The molecule has 1 saturated heterocycles. The fraction of sp³-hybridized carbons (Fsp3) is 0.667. The molecule has 0 aromatic carbocycles. The molecule has 1 aliphatic heterocycles. The average molecular weight is 325 g/mol. The number of aromatic nitrogens is 1. The predicted molar refractivity (Wildman–Crippen MR) is 84.9 cm³/mol. The quantitative estimate of drug-likeness (QED) is 0.842. The summed E-state index contributed by atoms with van der Waals surface area (Å²) in [6, 6.07) is -0.397. The first-order valence-corrected chi connectivity index (χ1v) is 8.52. The molecule has 6 nitrogen and oxygen atoms in total. The van der Waals surface area contributed by atoms with Crippen LogP contribution < -0.4 is 5.32 Å². The van der Waals surface area contributed by atoms with Crippen molar-refractivity contribution in [2.45, 2.75) is 45.1 Å². The number of nitrogens with zero attached hydrogens (tertiary/aromatic N) is 2. The van der Waals surface area contributed by atoms with Gasteiger partial charge in [0.05, 0.1) is 18.3 Å². The van der Waals surface area contributed by atoms with Crippen molar-refractivity contribution in [2.75, 3.05) is 20.2 Å². The highest BCUT2D eigenvalue weighted by Crippen LogP contribution is 2.18. The molecule has 1 aliphatic rings. The van der Waals surface area contributed by atoms with E-state index in [0.29, 0.717) is 19.5 Å². The third-order valence-corrected chi connectivity index (χ3v) is 4.93. The van der Waals surface area contributed by atoms with Crippen LogP contribution in [0.25, 0.3) is 0 Å². The molecule has 0 spiro atoms. The highest BCUT2D eigenvalue weighted by atomic mass is 32.1. The van der Waals surface area contributed by atoms with E-state index in [9.17, 15) is 9.59 Å². The van der Waals surface area contributed by atoms with Gasteiger partial charge in [-0.15, -0.1) is 11.3 Å². The first kappa shape index (κ1) is 16.7. The Kier molecular flexibility index (Phi) is 6.18. The molecule has 0 saturated carbocycles. The number of rotatable bonds is 5. The number of thiazole rings is 1. The summed E-state index contributed by atoms with van der Waals surface area (Å²) in [5.74, 6) is -0.0777. The Morgan fingerprint density at radius 1 is 1.50 bits per heavy atom. The molecule has 122 valence electrons. The molecule has 1 N–H and O–H groups in total. The minimum Gasteiger partial charge on any atom is -0.453 e. The summed E-state index contributed by atoms with van der Waals surface area (Å²) in [6.45, 7) is 3.20. The van der Waals surface area contributed by atoms with Gasteiger partial charge in [0.2, 0.25) is 5.91 Å². The van der Waals surface area contributed by atoms with Gasteiger partial charge in [0, 0.05) is 18.0 Å². The maximum Gasteiger partial charge on any atom is 0.410 e. The fourth-order valence-electron chi connectivity index (χ4n) is 2.68. The van der Waals surface area contributed by atoms with Crippen LogP contribution in [0.1, 0.15) is 36.3 Å². The van der Waals surface area contributed by atoms with E-state index < -0.39 is 12.1 Å². The number of likely N-dealkylation sites (tertiary alicyclic amines) is 1. The Hall–Kier alpha value is -1.63. The van der Waals surface area contributed by atoms with Crippen LogP contribution in [-0.2, 0) is 16.0 Å². The summed E-state index contributed by atoms with van der Waals surface area (Å²) in [5, 5.41) is 2.94. The number of aryl methyl sites for hydroxylation is 2. The van der Waals surface area contributed by atoms with Crippen LogP contribution in [-0.4, -0.2) is 48.1 Å². The third-order valence-electron chi connectivity index (χ3n) is 3.94. The number of hydrogen-bond acceptors (Lipinski definition) is 5. The SMILES string of the molecule is COC(=O)N1CCCCC1C(=O)NCCCc1scnc1C. The number of hydrogen-bond donors (Lipinski definition) is 1. The topological polar surface area (TPSA) is 71.5 Å². The van der Waals surface area contributed by atoms with Crippen molar-refractivity contribution in [1.29, 1.82) is 0 Å². The standard InChI is InChI=1S/C15H23N3O3S/c1-11-13(22-10-17-11)7-5-8-16-14(19)12-6-3-4-9-18(12)15(20)21-2/h10,12H,3-9H2,1-2H3,(H,16,19). The van der Waals surface area contributed by atoms with E-state index in [4.69, 9.17) is 4.74 Å². The van der Waals surface area contributed by atoms with Crippen molar-refractivity contribution in [3.8, 4) is 0 Å². The minimum absolute atomic E-state index is 0.0777. The Labute approximate surface area is 134 Å². The van der Waals surface area contributed by atoms with Crippen molar-refractivity contribution in [2.24, 2.45) is 0 Å². The summed E-state index contributed by atoms with van der Waals surface area (Å²) >= 11 is 1.65. The smallest absolute Gasteiger partial charge is 0.410 e. The van der Waals surface area contributed by atoms with Crippen LogP contribution in [0.15, 0.2) is 5.51 Å². The Morgan fingerprint density at radius 3 is 3.00 bits per heavy atom. The predicted octanol–water partition coefficient (Wildman–Crippen LogP) is 2.12. The lowest BCUT2D eigenvalue weighted by Crippen LogP contribution is -2.52. The van der Waals surface area contributed by atoms with Gasteiger partial charge in [-0.05, 0) is 39.0 Å². The minimum atomic E-state index is -0.417. The zero-order valence-corrected chi connectivity index (χ0v) is 13.9. The van der Waals surface area contributed by atoms with Gasteiger partial charge in [-0.1, -0.05) is 0 Å². The monoisotopic (exact) mass is 325 g/mol. The third kappa shape index (κ3) is 4.19. The van der Waals surface area contributed by atoms with E-state index >= 15 is 0 Å². The van der Waals surface area contributed by atoms with Gasteiger partial charge in [-0.3, -0.25) is 9.69 Å².